The Labute approximate surface area is 102 Å². The van der Waals surface area contributed by atoms with Crippen molar-refractivity contribution in [2.24, 2.45) is 5.92 Å². The molecule has 0 saturated heterocycles. The number of aryl methyl sites for hydroxylation is 1. The number of ether oxygens (including phenoxy) is 1. The van der Waals surface area contributed by atoms with Crippen molar-refractivity contribution in [2.45, 2.75) is 40.3 Å². The van der Waals surface area contributed by atoms with Gasteiger partial charge in [0, 0.05) is 24.1 Å². The van der Waals surface area contributed by atoms with Crippen molar-refractivity contribution in [1.29, 1.82) is 0 Å². The van der Waals surface area contributed by atoms with Gasteiger partial charge in [0.05, 0.1) is 17.8 Å². The number of nitrogens with zero attached hydrogens (tertiary/aromatic N) is 1. The Morgan fingerprint density at radius 3 is 2.75 bits per heavy atom. The Kier molecular flexibility index (Phi) is 5.95. The predicted octanol–water partition coefficient (Wildman–Crippen LogP) is 2.60. The Hall–Kier alpha value is -0.450. The maximum atomic E-state index is 5.48. The Bertz CT molecular complexity index is 299. The van der Waals surface area contributed by atoms with Gasteiger partial charge in [-0.1, -0.05) is 13.8 Å². The van der Waals surface area contributed by atoms with Crippen LogP contribution in [0.5, 0.6) is 0 Å². The molecule has 1 aromatic rings. The van der Waals surface area contributed by atoms with E-state index in [0.717, 1.165) is 25.5 Å². The molecule has 1 rings (SSSR count). The number of hydrogen-bond acceptors (Lipinski definition) is 4. The highest BCUT2D eigenvalue weighted by molar-refractivity contribution is 7.09. The molecule has 92 valence electrons. The molecular formula is C12H22N2OS. The van der Waals surface area contributed by atoms with E-state index < -0.39 is 0 Å². The Morgan fingerprint density at radius 1 is 1.50 bits per heavy atom. The molecule has 1 N–H and O–H groups in total. The monoisotopic (exact) mass is 242 g/mol. The van der Waals surface area contributed by atoms with Crippen molar-refractivity contribution in [1.82, 2.24) is 10.3 Å². The standard InChI is InChI=1S/C12H22N2OS/c1-5-15-7-11(9(2)3)13-6-12-10(4)14-8-16-12/h8-9,11,13H,5-7H2,1-4H3. The molecule has 0 bridgehead atoms. The van der Waals surface area contributed by atoms with Crippen LogP contribution in [0.2, 0.25) is 0 Å². The third-order valence-corrected chi connectivity index (χ3v) is 3.61. The molecule has 0 aliphatic heterocycles. The average molecular weight is 242 g/mol. The fourth-order valence-corrected chi connectivity index (χ4v) is 2.18. The maximum Gasteiger partial charge on any atom is 0.0798 e. The van der Waals surface area contributed by atoms with E-state index >= 15 is 0 Å². The van der Waals surface area contributed by atoms with Gasteiger partial charge in [0.25, 0.3) is 0 Å². The van der Waals surface area contributed by atoms with Crippen LogP contribution in [0.4, 0.5) is 0 Å². The van der Waals surface area contributed by atoms with Crippen LogP contribution in [0.25, 0.3) is 0 Å². The molecule has 0 aliphatic carbocycles. The van der Waals surface area contributed by atoms with Crippen molar-refractivity contribution < 1.29 is 4.74 Å². The van der Waals surface area contributed by atoms with Crippen LogP contribution < -0.4 is 5.32 Å². The summed E-state index contributed by atoms with van der Waals surface area (Å²) in [6, 6.07) is 0.418. The van der Waals surface area contributed by atoms with Crippen LogP contribution in [-0.2, 0) is 11.3 Å². The zero-order valence-corrected chi connectivity index (χ0v) is 11.4. The summed E-state index contributed by atoms with van der Waals surface area (Å²) in [4.78, 5) is 5.57. The summed E-state index contributed by atoms with van der Waals surface area (Å²) < 4.78 is 5.48. The molecule has 0 radical (unpaired) electrons. The Morgan fingerprint density at radius 2 is 2.25 bits per heavy atom. The zero-order chi connectivity index (χ0) is 12.0. The lowest BCUT2D eigenvalue weighted by Gasteiger charge is -2.21. The lowest BCUT2D eigenvalue weighted by Crippen LogP contribution is -2.37. The molecule has 1 heterocycles. The van der Waals surface area contributed by atoms with Crippen molar-refractivity contribution in [2.75, 3.05) is 13.2 Å². The third-order valence-electron chi connectivity index (χ3n) is 2.68. The molecule has 0 spiro atoms. The molecule has 0 saturated carbocycles. The first-order valence-corrected chi connectivity index (χ1v) is 6.73. The van der Waals surface area contributed by atoms with Gasteiger partial charge in [0.15, 0.2) is 0 Å². The summed E-state index contributed by atoms with van der Waals surface area (Å²) in [6.07, 6.45) is 0. The number of rotatable bonds is 7. The van der Waals surface area contributed by atoms with Crippen molar-refractivity contribution >= 4 is 11.3 Å². The molecule has 0 aromatic carbocycles. The van der Waals surface area contributed by atoms with E-state index in [1.165, 1.54) is 4.88 Å². The van der Waals surface area contributed by atoms with Crippen molar-refractivity contribution in [3.8, 4) is 0 Å². The topological polar surface area (TPSA) is 34.1 Å². The highest BCUT2D eigenvalue weighted by atomic mass is 32.1. The van der Waals surface area contributed by atoms with E-state index in [9.17, 15) is 0 Å². The molecule has 1 atom stereocenters. The first kappa shape index (κ1) is 13.6. The molecule has 1 aromatic heterocycles. The molecule has 4 heteroatoms. The van der Waals surface area contributed by atoms with Gasteiger partial charge in [-0.15, -0.1) is 11.3 Å². The summed E-state index contributed by atoms with van der Waals surface area (Å²) in [5.74, 6) is 0.583. The van der Waals surface area contributed by atoms with Gasteiger partial charge in [-0.05, 0) is 19.8 Å². The van der Waals surface area contributed by atoms with Gasteiger partial charge >= 0.3 is 0 Å². The molecular weight excluding hydrogens is 220 g/mol. The highest BCUT2D eigenvalue weighted by Gasteiger charge is 2.13. The first-order valence-electron chi connectivity index (χ1n) is 5.85. The second-order valence-corrected chi connectivity index (χ2v) is 5.19. The summed E-state index contributed by atoms with van der Waals surface area (Å²) >= 11 is 1.71. The fourth-order valence-electron chi connectivity index (χ4n) is 1.45. The summed E-state index contributed by atoms with van der Waals surface area (Å²) in [7, 11) is 0. The predicted molar refractivity (Wildman–Crippen MR) is 68.8 cm³/mol. The third kappa shape index (κ3) is 4.20. The highest BCUT2D eigenvalue weighted by Crippen LogP contribution is 2.12. The van der Waals surface area contributed by atoms with Gasteiger partial charge in [-0.3, -0.25) is 0 Å². The molecule has 16 heavy (non-hydrogen) atoms. The molecule has 0 fully saturated rings. The largest absolute Gasteiger partial charge is 0.380 e. The van der Waals surface area contributed by atoms with E-state index in [4.69, 9.17) is 4.74 Å². The van der Waals surface area contributed by atoms with Crippen LogP contribution >= 0.6 is 11.3 Å². The van der Waals surface area contributed by atoms with Crippen molar-refractivity contribution in [3.63, 3.8) is 0 Å². The zero-order valence-electron chi connectivity index (χ0n) is 10.6. The normalized spacial score (nSPS) is 13.3. The van der Waals surface area contributed by atoms with E-state index in [0.29, 0.717) is 12.0 Å². The van der Waals surface area contributed by atoms with Gasteiger partial charge < -0.3 is 10.1 Å². The Balaban J connectivity index is 2.40. The van der Waals surface area contributed by atoms with E-state index in [1.807, 2.05) is 12.4 Å². The minimum atomic E-state index is 0.418. The quantitative estimate of drug-likeness (QED) is 0.798. The summed E-state index contributed by atoms with van der Waals surface area (Å²) in [5.41, 5.74) is 3.04. The van der Waals surface area contributed by atoms with Crippen molar-refractivity contribution in [3.05, 3.63) is 16.1 Å². The van der Waals surface area contributed by atoms with Crippen LogP contribution in [0.15, 0.2) is 5.51 Å². The first-order chi connectivity index (χ1) is 7.65. The minimum Gasteiger partial charge on any atom is -0.380 e. The summed E-state index contributed by atoms with van der Waals surface area (Å²) in [5, 5.41) is 3.54. The summed E-state index contributed by atoms with van der Waals surface area (Å²) in [6.45, 7) is 11.0. The van der Waals surface area contributed by atoms with Gasteiger partial charge in [-0.25, -0.2) is 4.98 Å². The minimum absolute atomic E-state index is 0.418. The van der Waals surface area contributed by atoms with E-state index in [1.54, 1.807) is 11.3 Å². The van der Waals surface area contributed by atoms with Crippen LogP contribution in [0.1, 0.15) is 31.3 Å². The number of thiazole rings is 1. The lowest BCUT2D eigenvalue weighted by molar-refractivity contribution is 0.108. The van der Waals surface area contributed by atoms with Gasteiger partial charge in [0.2, 0.25) is 0 Å². The number of aromatic nitrogens is 1. The number of nitrogens with one attached hydrogen (secondary N) is 1. The molecule has 1 unspecified atom stereocenters. The smallest absolute Gasteiger partial charge is 0.0798 e. The average Bonchev–Trinajstić information content (AvgIpc) is 2.64. The fraction of sp³-hybridized carbons (Fsp3) is 0.750. The maximum absolute atomic E-state index is 5.48. The van der Waals surface area contributed by atoms with E-state index in [-0.39, 0.29) is 0 Å². The van der Waals surface area contributed by atoms with Crippen LogP contribution in [0.3, 0.4) is 0 Å². The number of hydrogen-bond donors (Lipinski definition) is 1. The van der Waals surface area contributed by atoms with Crippen LogP contribution in [-0.4, -0.2) is 24.2 Å². The molecule has 3 nitrogen and oxygen atoms in total. The van der Waals surface area contributed by atoms with Gasteiger partial charge in [-0.2, -0.15) is 0 Å². The van der Waals surface area contributed by atoms with E-state index in [2.05, 4.69) is 31.1 Å². The second kappa shape index (κ2) is 6.99. The second-order valence-electron chi connectivity index (χ2n) is 4.25. The van der Waals surface area contributed by atoms with Gasteiger partial charge in [0.1, 0.15) is 0 Å². The molecule has 0 amide bonds. The lowest BCUT2D eigenvalue weighted by atomic mass is 10.1. The molecule has 0 aliphatic rings. The van der Waals surface area contributed by atoms with Crippen LogP contribution in [0, 0.1) is 12.8 Å². The SMILES string of the molecule is CCOCC(NCc1scnc1C)C(C)C.